The van der Waals surface area contributed by atoms with E-state index in [0.29, 0.717) is 19.4 Å². The summed E-state index contributed by atoms with van der Waals surface area (Å²) in [6.07, 6.45) is 1.28. The molecule has 0 radical (unpaired) electrons. The fraction of sp³-hybridized carbons (Fsp3) is 0.857. The molecule has 1 saturated heterocycles. The number of piperidine rings is 1. The predicted octanol–water partition coefficient (Wildman–Crippen LogP) is 0.355. The van der Waals surface area contributed by atoms with Crippen molar-refractivity contribution in [3.63, 3.8) is 0 Å². The van der Waals surface area contributed by atoms with Crippen LogP contribution < -0.4 is 0 Å². The number of ether oxygens (including phenoxy) is 1. The molecule has 5 nitrogen and oxygen atoms in total. The van der Waals surface area contributed by atoms with Crippen molar-refractivity contribution in [3.8, 4) is 0 Å². The summed E-state index contributed by atoms with van der Waals surface area (Å²) < 4.78 is 27.6. The SMILES string of the molecule is COC(=O)[C@@H]1CCCN(S(=O)(=O)Cl)C1. The Balaban J connectivity index is 2.65. The van der Waals surface area contributed by atoms with E-state index in [2.05, 4.69) is 4.74 Å². The second-order valence-corrected chi connectivity index (χ2v) is 5.67. The molecule has 0 N–H and O–H groups in total. The van der Waals surface area contributed by atoms with Crippen LogP contribution in [0.5, 0.6) is 0 Å². The third-order valence-corrected chi connectivity index (χ3v) is 3.76. The Morgan fingerprint density at radius 1 is 1.57 bits per heavy atom. The third-order valence-electron chi connectivity index (χ3n) is 2.23. The van der Waals surface area contributed by atoms with Gasteiger partial charge in [0.15, 0.2) is 0 Å². The number of carbonyl (C=O) groups is 1. The summed E-state index contributed by atoms with van der Waals surface area (Å²) in [6.45, 7) is 0.498. The average Bonchev–Trinajstić information content (AvgIpc) is 2.15. The average molecular weight is 242 g/mol. The first-order valence-electron chi connectivity index (χ1n) is 4.22. The quantitative estimate of drug-likeness (QED) is 0.517. The number of halogens is 1. The lowest BCUT2D eigenvalue weighted by atomic mass is 10.0. The van der Waals surface area contributed by atoms with E-state index in [1.165, 1.54) is 7.11 Å². The molecule has 0 amide bonds. The zero-order chi connectivity index (χ0) is 10.8. The van der Waals surface area contributed by atoms with E-state index >= 15 is 0 Å². The molecular weight excluding hydrogens is 230 g/mol. The Kier molecular flexibility index (Phi) is 3.74. The van der Waals surface area contributed by atoms with Gasteiger partial charge in [-0.1, -0.05) is 0 Å². The number of nitrogens with zero attached hydrogens (tertiary/aromatic N) is 1. The van der Waals surface area contributed by atoms with Gasteiger partial charge in [-0.3, -0.25) is 4.79 Å². The second kappa shape index (κ2) is 4.46. The van der Waals surface area contributed by atoms with Crippen LogP contribution in [0, 0.1) is 5.92 Å². The molecule has 1 aliphatic heterocycles. The molecule has 0 saturated carbocycles. The minimum atomic E-state index is -3.70. The summed E-state index contributed by atoms with van der Waals surface area (Å²) in [7, 11) is 2.76. The molecular formula is C7H12ClNO4S. The molecule has 1 atom stereocenters. The fourth-order valence-corrected chi connectivity index (χ4v) is 2.58. The molecule has 1 rings (SSSR count). The molecule has 1 heterocycles. The molecule has 0 unspecified atom stereocenters. The van der Waals surface area contributed by atoms with Gasteiger partial charge in [0.2, 0.25) is 0 Å². The first kappa shape index (κ1) is 11.7. The standard InChI is InChI=1S/C7H12ClNO4S/c1-13-7(10)6-3-2-4-9(5-6)14(8,11)12/h6H,2-5H2,1H3/t6-/m1/s1. The van der Waals surface area contributed by atoms with Gasteiger partial charge >= 0.3 is 5.97 Å². The molecule has 0 bridgehead atoms. The van der Waals surface area contributed by atoms with Gasteiger partial charge in [0, 0.05) is 23.8 Å². The highest BCUT2D eigenvalue weighted by atomic mass is 35.7. The lowest BCUT2D eigenvalue weighted by molar-refractivity contribution is -0.146. The molecule has 82 valence electrons. The lowest BCUT2D eigenvalue weighted by Gasteiger charge is -2.28. The van der Waals surface area contributed by atoms with Crippen LogP contribution in [0.4, 0.5) is 0 Å². The van der Waals surface area contributed by atoms with E-state index < -0.39 is 9.24 Å². The molecule has 0 aliphatic carbocycles. The maximum atomic E-state index is 11.2. The van der Waals surface area contributed by atoms with E-state index in [0.717, 1.165) is 4.31 Å². The summed E-state index contributed by atoms with van der Waals surface area (Å²) in [5, 5.41) is 0. The van der Waals surface area contributed by atoms with Crippen molar-refractivity contribution in [2.45, 2.75) is 12.8 Å². The van der Waals surface area contributed by atoms with Crippen LogP contribution in [0.1, 0.15) is 12.8 Å². The van der Waals surface area contributed by atoms with Crippen LogP contribution in [-0.4, -0.2) is 38.9 Å². The van der Waals surface area contributed by atoms with Crippen molar-refractivity contribution in [2.75, 3.05) is 20.2 Å². The fourth-order valence-electron chi connectivity index (χ4n) is 1.50. The summed E-state index contributed by atoms with van der Waals surface area (Å²) in [5.74, 6) is -0.766. The molecule has 0 spiro atoms. The first-order valence-corrected chi connectivity index (χ1v) is 6.49. The van der Waals surface area contributed by atoms with Gasteiger partial charge in [-0.15, -0.1) is 0 Å². The van der Waals surface area contributed by atoms with Crippen molar-refractivity contribution in [2.24, 2.45) is 5.92 Å². The van der Waals surface area contributed by atoms with Crippen LogP contribution in [0.15, 0.2) is 0 Å². The smallest absolute Gasteiger partial charge is 0.309 e. The zero-order valence-electron chi connectivity index (χ0n) is 7.77. The monoisotopic (exact) mass is 241 g/mol. The molecule has 1 aliphatic rings. The van der Waals surface area contributed by atoms with Crippen LogP contribution >= 0.6 is 10.7 Å². The van der Waals surface area contributed by atoms with Crippen LogP contribution in [0.2, 0.25) is 0 Å². The number of rotatable bonds is 2. The van der Waals surface area contributed by atoms with E-state index in [1.54, 1.807) is 0 Å². The number of methoxy groups -OCH3 is 1. The van der Waals surface area contributed by atoms with Crippen molar-refractivity contribution in [1.29, 1.82) is 0 Å². The highest BCUT2D eigenvalue weighted by molar-refractivity contribution is 8.11. The molecule has 7 heteroatoms. The van der Waals surface area contributed by atoms with Gasteiger partial charge in [0.25, 0.3) is 9.24 Å². The maximum absolute atomic E-state index is 11.2. The highest BCUT2D eigenvalue weighted by Crippen LogP contribution is 2.21. The Morgan fingerprint density at radius 3 is 2.71 bits per heavy atom. The topological polar surface area (TPSA) is 63.7 Å². The predicted molar refractivity (Wildman–Crippen MR) is 51.1 cm³/mol. The van der Waals surface area contributed by atoms with Gasteiger partial charge in [-0.2, -0.15) is 12.7 Å². The first-order chi connectivity index (χ1) is 6.45. The maximum Gasteiger partial charge on any atom is 0.309 e. The molecule has 0 aromatic rings. The number of esters is 1. The van der Waals surface area contributed by atoms with Gasteiger partial charge in [-0.05, 0) is 12.8 Å². The minimum Gasteiger partial charge on any atom is -0.469 e. The van der Waals surface area contributed by atoms with Crippen LogP contribution in [0.3, 0.4) is 0 Å². The van der Waals surface area contributed by atoms with E-state index in [4.69, 9.17) is 10.7 Å². The molecule has 0 aromatic carbocycles. The number of hydrogen-bond acceptors (Lipinski definition) is 4. The van der Waals surface area contributed by atoms with E-state index in [9.17, 15) is 13.2 Å². The van der Waals surface area contributed by atoms with Crippen molar-refractivity contribution < 1.29 is 17.9 Å². The number of hydrogen-bond donors (Lipinski definition) is 0. The number of carbonyl (C=O) groups excluding carboxylic acids is 1. The Hall–Kier alpha value is -0.330. The molecule has 0 aromatic heterocycles. The van der Waals surface area contributed by atoms with Gasteiger partial charge in [-0.25, -0.2) is 0 Å². The second-order valence-electron chi connectivity index (χ2n) is 3.16. The van der Waals surface area contributed by atoms with Crippen molar-refractivity contribution in [1.82, 2.24) is 4.31 Å². The minimum absolute atomic E-state index is 0.124. The lowest BCUT2D eigenvalue weighted by Crippen LogP contribution is -2.40. The summed E-state index contributed by atoms with van der Waals surface area (Å²) in [4.78, 5) is 11.2. The van der Waals surface area contributed by atoms with Crippen LogP contribution in [-0.2, 0) is 18.8 Å². The van der Waals surface area contributed by atoms with Gasteiger partial charge < -0.3 is 4.74 Å². The van der Waals surface area contributed by atoms with E-state index in [1.807, 2.05) is 0 Å². The van der Waals surface area contributed by atoms with Crippen molar-refractivity contribution in [3.05, 3.63) is 0 Å². The summed E-state index contributed by atoms with van der Waals surface area (Å²) in [6, 6.07) is 0. The summed E-state index contributed by atoms with van der Waals surface area (Å²) >= 11 is 0. The largest absolute Gasteiger partial charge is 0.469 e. The Morgan fingerprint density at radius 2 is 2.21 bits per heavy atom. The van der Waals surface area contributed by atoms with Crippen molar-refractivity contribution >= 4 is 25.9 Å². The highest BCUT2D eigenvalue weighted by Gasteiger charge is 2.31. The normalized spacial score (nSPS) is 24.6. The Labute approximate surface area is 87.5 Å². The molecule has 14 heavy (non-hydrogen) atoms. The van der Waals surface area contributed by atoms with Gasteiger partial charge in [0.05, 0.1) is 13.0 Å². The summed E-state index contributed by atoms with van der Waals surface area (Å²) in [5.41, 5.74) is 0. The third kappa shape index (κ3) is 2.83. The van der Waals surface area contributed by atoms with E-state index in [-0.39, 0.29) is 18.4 Å². The van der Waals surface area contributed by atoms with Gasteiger partial charge in [0.1, 0.15) is 0 Å². The Bertz CT molecular complexity index is 316. The zero-order valence-corrected chi connectivity index (χ0v) is 9.34. The van der Waals surface area contributed by atoms with Crippen LogP contribution in [0.25, 0.3) is 0 Å². The molecule has 1 fully saturated rings.